The van der Waals surface area contributed by atoms with E-state index in [2.05, 4.69) is 223 Å². The summed E-state index contributed by atoms with van der Waals surface area (Å²) in [5.41, 5.74) is 15.6. The minimum absolute atomic E-state index is 0.306. The van der Waals surface area contributed by atoms with Crippen LogP contribution in [-0.4, -0.2) is 24.1 Å². The van der Waals surface area contributed by atoms with Gasteiger partial charge in [0.05, 0.1) is 27.8 Å². The van der Waals surface area contributed by atoms with E-state index in [1.54, 1.807) is 0 Å². The quantitative estimate of drug-likeness (QED) is 0.153. The number of hydrogen-bond donors (Lipinski definition) is 0. The first kappa shape index (κ1) is 38.3. The van der Waals surface area contributed by atoms with Crippen molar-refractivity contribution in [1.29, 1.82) is 0 Å². The molecule has 0 unspecified atom stereocenters. The fourth-order valence-corrected chi connectivity index (χ4v) is 9.82. The van der Waals surface area contributed by atoms with Crippen LogP contribution in [0.15, 0.2) is 218 Å². The number of benzene rings is 9. The van der Waals surface area contributed by atoms with E-state index in [1.807, 2.05) is 18.2 Å². The zero-order chi connectivity index (χ0) is 43.4. The van der Waals surface area contributed by atoms with Crippen LogP contribution in [0.5, 0.6) is 0 Å². The van der Waals surface area contributed by atoms with Gasteiger partial charge in [-0.25, -0.2) is 15.0 Å². The molecule has 0 atom stereocenters. The Bertz CT molecular complexity index is 3720. The lowest BCUT2D eigenvalue weighted by atomic mass is 9.93. The molecule has 0 N–H and O–H groups in total. The number of para-hydroxylation sites is 2. The van der Waals surface area contributed by atoms with E-state index in [4.69, 9.17) is 15.0 Å². The summed E-state index contributed by atoms with van der Waals surface area (Å²) >= 11 is 0. The predicted octanol–water partition coefficient (Wildman–Crippen LogP) is 15.5. The Morgan fingerprint density at radius 1 is 0.338 bits per heavy atom. The Kier molecular flexibility index (Phi) is 9.27. The van der Waals surface area contributed by atoms with Gasteiger partial charge in [0, 0.05) is 49.5 Å². The lowest BCUT2D eigenvalue weighted by Crippen LogP contribution is -2.03. The van der Waals surface area contributed by atoms with Crippen molar-refractivity contribution in [1.82, 2.24) is 24.1 Å². The molecule has 0 amide bonds. The van der Waals surface area contributed by atoms with Crippen molar-refractivity contribution in [2.24, 2.45) is 0 Å². The van der Waals surface area contributed by atoms with Gasteiger partial charge in [-0.1, -0.05) is 190 Å². The molecule has 65 heavy (non-hydrogen) atoms. The van der Waals surface area contributed by atoms with Crippen LogP contribution in [0, 0.1) is 0 Å². The standard InChI is InChI=1S/C60H43N5/c1-39(2)45-25-12-13-28-51(45)60-62-58(42-23-10-5-11-24-42)61-59(63-60)43-33-35-44(36-34-43)64-52-30-16-14-26-47(52)49-37-38-50-48-27-15-17-31-53(48)65(57(50)56(49)64)54-32-18-29-46(40-19-6-3-7-20-40)55(54)41-21-8-4-9-22-41/h3-39H,1-2H3. The molecule has 0 radical (unpaired) electrons. The predicted molar refractivity (Wildman–Crippen MR) is 270 cm³/mol. The highest BCUT2D eigenvalue weighted by Gasteiger charge is 2.24. The van der Waals surface area contributed by atoms with Crippen molar-refractivity contribution in [3.63, 3.8) is 0 Å². The normalized spacial score (nSPS) is 11.7. The third-order valence-electron chi connectivity index (χ3n) is 12.8. The maximum absolute atomic E-state index is 5.17. The molecule has 0 aliphatic carbocycles. The van der Waals surface area contributed by atoms with Crippen LogP contribution in [0.4, 0.5) is 0 Å². The molecular formula is C60H43N5. The van der Waals surface area contributed by atoms with Gasteiger partial charge in [0.1, 0.15) is 0 Å². The van der Waals surface area contributed by atoms with Crippen molar-refractivity contribution >= 4 is 43.6 Å². The SMILES string of the molecule is CC(C)c1ccccc1-c1nc(-c2ccccc2)nc(-c2ccc(-n3c4ccccc4c4ccc5c6ccccc6n(-c6cccc(-c7ccccc7)c6-c6ccccc6)c5c43)cc2)n1. The minimum Gasteiger partial charge on any atom is -0.307 e. The van der Waals surface area contributed by atoms with E-state index in [1.165, 1.54) is 49.4 Å². The van der Waals surface area contributed by atoms with Gasteiger partial charge in [0.15, 0.2) is 17.5 Å². The van der Waals surface area contributed by atoms with E-state index >= 15 is 0 Å². The van der Waals surface area contributed by atoms with E-state index in [-0.39, 0.29) is 0 Å². The van der Waals surface area contributed by atoms with Crippen molar-refractivity contribution in [2.75, 3.05) is 0 Å². The van der Waals surface area contributed by atoms with Crippen LogP contribution in [0.25, 0.3) is 111 Å². The van der Waals surface area contributed by atoms with Gasteiger partial charge >= 0.3 is 0 Å². The van der Waals surface area contributed by atoms with Gasteiger partial charge in [0.25, 0.3) is 0 Å². The second kappa shape index (κ2) is 15.7. The summed E-state index contributed by atoms with van der Waals surface area (Å²) in [6, 6.07) is 77.9. The zero-order valence-electron chi connectivity index (χ0n) is 36.1. The molecule has 0 fully saturated rings. The van der Waals surface area contributed by atoms with Gasteiger partial charge in [-0.3, -0.25) is 0 Å². The first-order chi connectivity index (χ1) is 32.1. The van der Waals surface area contributed by atoms with Gasteiger partial charge in [-0.2, -0.15) is 0 Å². The van der Waals surface area contributed by atoms with E-state index in [0.29, 0.717) is 23.4 Å². The van der Waals surface area contributed by atoms with E-state index < -0.39 is 0 Å². The smallest absolute Gasteiger partial charge is 0.164 e. The molecule has 12 aromatic rings. The van der Waals surface area contributed by atoms with Crippen LogP contribution < -0.4 is 0 Å². The first-order valence-corrected chi connectivity index (χ1v) is 22.3. The van der Waals surface area contributed by atoms with Crippen LogP contribution in [0.2, 0.25) is 0 Å². The third-order valence-corrected chi connectivity index (χ3v) is 12.8. The van der Waals surface area contributed by atoms with Crippen molar-refractivity contribution in [3.8, 4) is 67.8 Å². The fourth-order valence-electron chi connectivity index (χ4n) is 9.82. The van der Waals surface area contributed by atoms with Gasteiger partial charge in [0.2, 0.25) is 0 Å². The van der Waals surface area contributed by atoms with Crippen LogP contribution in [0.1, 0.15) is 25.3 Å². The average molecular weight is 834 g/mol. The number of aromatic nitrogens is 5. The van der Waals surface area contributed by atoms with Crippen LogP contribution in [0.3, 0.4) is 0 Å². The van der Waals surface area contributed by atoms with Crippen molar-refractivity contribution in [3.05, 3.63) is 224 Å². The molecule has 0 aliphatic rings. The Morgan fingerprint density at radius 2 is 0.815 bits per heavy atom. The fraction of sp³-hybridized carbons (Fsp3) is 0.0500. The first-order valence-electron chi connectivity index (χ1n) is 22.3. The molecule has 0 bridgehead atoms. The Balaban J connectivity index is 1.11. The second-order valence-corrected chi connectivity index (χ2v) is 17.0. The van der Waals surface area contributed by atoms with Crippen molar-refractivity contribution in [2.45, 2.75) is 19.8 Å². The molecule has 3 aromatic heterocycles. The molecule has 0 aliphatic heterocycles. The molecule has 0 saturated carbocycles. The molecule has 12 rings (SSSR count). The summed E-state index contributed by atoms with van der Waals surface area (Å²) in [4.78, 5) is 15.3. The summed E-state index contributed by atoms with van der Waals surface area (Å²) < 4.78 is 4.96. The molecule has 0 saturated heterocycles. The van der Waals surface area contributed by atoms with Gasteiger partial charge < -0.3 is 9.13 Å². The Hall–Kier alpha value is -8.41. The van der Waals surface area contributed by atoms with E-state index in [9.17, 15) is 0 Å². The molecule has 0 spiro atoms. The van der Waals surface area contributed by atoms with Crippen LogP contribution in [-0.2, 0) is 0 Å². The highest BCUT2D eigenvalue weighted by atomic mass is 15.1. The summed E-state index contributed by atoms with van der Waals surface area (Å²) in [5.74, 6) is 2.26. The van der Waals surface area contributed by atoms with Gasteiger partial charge in [-0.15, -0.1) is 0 Å². The summed E-state index contributed by atoms with van der Waals surface area (Å²) in [5, 5.41) is 4.80. The summed E-state index contributed by atoms with van der Waals surface area (Å²) in [7, 11) is 0. The second-order valence-electron chi connectivity index (χ2n) is 17.0. The number of nitrogens with zero attached hydrogens (tertiary/aromatic N) is 5. The highest BCUT2D eigenvalue weighted by Crippen LogP contribution is 2.45. The minimum atomic E-state index is 0.306. The number of fused-ring (bicyclic) bond motifs is 7. The third kappa shape index (κ3) is 6.43. The average Bonchev–Trinajstić information content (AvgIpc) is 3.90. The molecular weight excluding hydrogens is 791 g/mol. The lowest BCUT2D eigenvalue weighted by molar-refractivity contribution is 0.865. The number of rotatable bonds is 8. The maximum Gasteiger partial charge on any atom is 0.164 e. The monoisotopic (exact) mass is 833 g/mol. The summed E-state index contributed by atoms with van der Waals surface area (Å²) in [6.45, 7) is 4.42. The number of hydrogen-bond acceptors (Lipinski definition) is 3. The van der Waals surface area contributed by atoms with Crippen LogP contribution >= 0.6 is 0 Å². The van der Waals surface area contributed by atoms with Crippen molar-refractivity contribution < 1.29 is 0 Å². The lowest BCUT2D eigenvalue weighted by Gasteiger charge is -2.19. The largest absolute Gasteiger partial charge is 0.307 e. The van der Waals surface area contributed by atoms with Gasteiger partial charge in [-0.05, 0) is 70.6 Å². The zero-order valence-corrected chi connectivity index (χ0v) is 36.1. The molecule has 5 nitrogen and oxygen atoms in total. The maximum atomic E-state index is 5.17. The van der Waals surface area contributed by atoms with E-state index in [0.717, 1.165) is 50.1 Å². The molecule has 9 aromatic carbocycles. The highest BCUT2D eigenvalue weighted by molar-refractivity contribution is 6.24. The molecule has 308 valence electrons. The Labute approximate surface area is 377 Å². The Morgan fingerprint density at radius 3 is 1.45 bits per heavy atom. The topological polar surface area (TPSA) is 48.5 Å². The summed E-state index contributed by atoms with van der Waals surface area (Å²) in [6.07, 6.45) is 0. The molecule has 5 heteroatoms. The molecule has 3 heterocycles.